The van der Waals surface area contributed by atoms with Gasteiger partial charge in [0.1, 0.15) is 5.75 Å². The second-order valence-corrected chi connectivity index (χ2v) is 4.79. The molecule has 0 unspecified atom stereocenters. The minimum Gasteiger partial charge on any atom is -0.484 e. The minimum atomic E-state index is -0.156. The van der Waals surface area contributed by atoms with E-state index in [9.17, 15) is 9.59 Å². The topological polar surface area (TPSA) is 58.6 Å². The summed E-state index contributed by atoms with van der Waals surface area (Å²) in [5.41, 5.74) is 1.44. The summed E-state index contributed by atoms with van der Waals surface area (Å²) in [6.45, 7) is 1.36. The monoisotopic (exact) mass is 298 g/mol. The molecule has 0 radical (unpaired) electrons. The van der Waals surface area contributed by atoms with Gasteiger partial charge in [0.15, 0.2) is 6.61 Å². The van der Waals surface area contributed by atoms with E-state index in [4.69, 9.17) is 4.74 Å². The predicted molar refractivity (Wildman–Crippen MR) is 86.1 cm³/mol. The van der Waals surface area contributed by atoms with Crippen LogP contribution in [0.15, 0.2) is 54.6 Å². The van der Waals surface area contributed by atoms with Crippen LogP contribution in [-0.4, -0.2) is 25.5 Å². The molecule has 2 aromatic rings. The first kappa shape index (κ1) is 15.6. The van der Waals surface area contributed by atoms with Gasteiger partial charge in [-0.25, -0.2) is 0 Å². The molecule has 2 rings (SSSR count). The molecule has 0 heterocycles. The highest BCUT2D eigenvalue weighted by Gasteiger charge is 2.11. The highest BCUT2D eigenvalue weighted by Crippen LogP contribution is 2.18. The smallest absolute Gasteiger partial charge is 0.264 e. The molecule has 2 aromatic carbocycles. The summed E-state index contributed by atoms with van der Waals surface area (Å²) in [6.07, 6.45) is 0. The quantitative estimate of drug-likeness (QED) is 0.923. The van der Waals surface area contributed by atoms with Gasteiger partial charge < -0.3 is 15.0 Å². The Balaban J connectivity index is 1.95. The Labute approximate surface area is 129 Å². The van der Waals surface area contributed by atoms with E-state index < -0.39 is 0 Å². The van der Waals surface area contributed by atoms with Gasteiger partial charge in [0.25, 0.3) is 5.91 Å². The molecule has 5 heteroatoms. The van der Waals surface area contributed by atoms with Gasteiger partial charge in [-0.2, -0.15) is 0 Å². The lowest BCUT2D eigenvalue weighted by Gasteiger charge is -2.17. The average molecular weight is 298 g/mol. The van der Waals surface area contributed by atoms with E-state index in [1.807, 2.05) is 30.3 Å². The molecule has 0 aliphatic heterocycles. The summed E-state index contributed by atoms with van der Waals surface area (Å²) < 4.78 is 5.49. The number of rotatable bonds is 5. The third-order valence-electron chi connectivity index (χ3n) is 3.03. The molecule has 0 fully saturated rings. The highest BCUT2D eigenvalue weighted by molar-refractivity contribution is 5.94. The van der Waals surface area contributed by atoms with Gasteiger partial charge in [-0.05, 0) is 24.3 Å². The van der Waals surface area contributed by atoms with E-state index in [1.165, 1.54) is 11.8 Å². The zero-order chi connectivity index (χ0) is 15.9. The molecule has 0 aliphatic carbocycles. The molecular weight excluding hydrogens is 280 g/mol. The zero-order valence-corrected chi connectivity index (χ0v) is 12.6. The molecule has 0 saturated carbocycles. The summed E-state index contributed by atoms with van der Waals surface area (Å²) in [7, 11) is 1.70. The lowest BCUT2D eigenvalue weighted by atomic mass is 10.3. The number of nitrogens with one attached hydrogen (secondary N) is 1. The molecule has 22 heavy (non-hydrogen) atoms. The molecule has 0 bridgehead atoms. The van der Waals surface area contributed by atoms with Gasteiger partial charge in [0.05, 0.1) is 0 Å². The fraction of sp³-hybridized carbons (Fsp3) is 0.176. The van der Waals surface area contributed by atoms with Gasteiger partial charge in [0.2, 0.25) is 5.91 Å². The number of benzene rings is 2. The van der Waals surface area contributed by atoms with E-state index in [0.717, 1.165) is 5.69 Å². The van der Waals surface area contributed by atoms with Crippen molar-refractivity contribution in [3.8, 4) is 5.75 Å². The Morgan fingerprint density at radius 1 is 1.09 bits per heavy atom. The molecule has 0 aliphatic rings. The van der Waals surface area contributed by atoms with E-state index in [1.54, 1.807) is 31.3 Å². The second-order valence-electron chi connectivity index (χ2n) is 4.79. The Bertz CT molecular complexity index is 656. The molecule has 114 valence electrons. The normalized spacial score (nSPS) is 9.91. The Morgan fingerprint density at radius 3 is 2.50 bits per heavy atom. The van der Waals surface area contributed by atoms with Crippen LogP contribution in [0.4, 0.5) is 11.4 Å². The van der Waals surface area contributed by atoms with Crippen LogP contribution in [0, 0.1) is 0 Å². The van der Waals surface area contributed by atoms with Crippen molar-refractivity contribution in [1.29, 1.82) is 0 Å². The number of hydrogen-bond acceptors (Lipinski definition) is 3. The van der Waals surface area contributed by atoms with E-state index in [2.05, 4.69) is 5.32 Å². The molecular formula is C17H18N2O3. The molecule has 0 spiro atoms. The minimum absolute atomic E-state index is 0.0745. The van der Waals surface area contributed by atoms with Crippen molar-refractivity contribution in [2.24, 2.45) is 0 Å². The lowest BCUT2D eigenvalue weighted by molar-refractivity contribution is -0.120. The van der Waals surface area contributed by atoms with Crippen LogP contribution in [0.3, 0.4) is 0 Å². The number of hydrogen-bond donors (Lipinski definition) is 1. The first-order chi connectivity index (χ1) is 10.6. The number of anilines is 2. The number of para-hydroxylation sites is 1. The van der Waals surface area contributed by atoms with Gasteiger partial charge in [-0.3, -0.25) is 9.59 Å². The zero-order valence-electron chi connectivity index (χ0n) is 12.6. The first-order valence-corrected chi connectivity index (χ1v) is 6.88. The Hall–Kier alpha value is -2.82. The van der Waals surface area contributed by atoms with Crippen molar-refractivity contribution in [2.75, 3.05) is 23.9 Å². The number of carbonyl (C=O) groups excluding carboxylic acids is 2. The SMILES string of the molecule is CC(=O)Nc1cccc(OCC(=O)N(C)c2ccccc2)c1. The highest BCUT2D eigenvalue weighted by atomic mass is 16.5. The maximum Gasteiger partial charge on any atom is 0.264 e. The van der Waals surface area contributed by atoms with Crippen LogP contribution in [0.1, 0.15) is 6.92 Å². The van der Waals surface area contributed by atoms with Crippen LogP contribution >= 0.6 is 0 Å². The fourth-order valence-electron chi connectivity index (χ4n) is 1.90. The summed E-state index contributed by atoms with van der Waals surface area (Å²) in [6, 6.07) is 16.3. The third kappa shape index (κ3) is 4.34. The van der Waals surface area contributed by atoms with Crippen LogP contribution < -0.4 is 15.0 Å². The number of amides is 2. The summed E-state index contributed by atoms with van der Waals surface area (Å²) >= 11 is 0. The largest absolute Gasteiger partial charge is 0.484 e. The van der Waals surface area contributed by atoms with Crippen molar-refractivity contribution in [2.45, 2.75) is 6.92 Å². The summed E-state index contributed by atoms with van der Waals surface area (Å²) in [4.78, 5) is 24.7. The number of likely N-dealkylation sites (N-methyl/N-ethyl adjacent to an activating group) is 1. The third-order valence-corrected chi connectivity index (χ3v) is 3.03. The predicted octanol–water partition coefficient (Wildman–Crippen LogP) is 2.69. The van der Waals surface area contributed by atoms with Crippen molar-refractivity contribution in [3.05, 3.63) is 54.6 Å². The molecule has 0 aromatic heterocycles. The Kier molecular flexibility index (Phi) is 5.14. The molecule has 5 nitrogen and oxygen atoms in total. The van der Waals surface area contributed by atoms with E-state index >= 15 is 0 Å². The van der Waals surface area contributed by atoms with E-state index in [0.29, 0.717) is 11.4 Å². The van der Waals surface area contributed by atoms with Crippen LogP contribution in [-0.2, 0) is 9.59 Å². The first-order valence-electron chi connectivity index (χ1n) is 6.88. The number of nitrogens with zero attached hydrogens (tertiary/aromatic N) is 1. The van der Waals surface area contributed by atoms with Crippen LogP contribution in [0.5, 0.6) is 5.75 Å². The number of carbonyl (C=O) groups is 2. The number of ether oxygens (including phenoxy) is 1. The summed E-state index contributed by atoms with van der Waals surface area (Å²) in [5, 5.41) is 2.67. The standard InChI is InChI=1S/C17H18N2O3/c1-13(20)18-14-7-6-10-16(11-14)22-12-17(21)19(2)15-8-4-3-5-9-15/h3-11H,12H2,1-2H3,(H,18,20). The van der Waals surface area contributed by atoms with Crippen molar-refractivity contribution in [3.63, 3.8) is 0 Å². The molecule has 2 amide bonds. The fourth-order valence-corrected chi connectivity index (χ4v) is 1.90. The lowest BCUT2D eigenvalue weighted by Crippen LogP contribution is -2.31. The van der Waals surface area contributed by atoms with Crippen molar-refractivity contribution < 1.29 is 14.3 Å². The second kappa shape index (κ2) is 7.26. The van der Waals surface area contributed by atoms with E-state index in [-0.39, 0.29) is 18.4 Å². The van der Waals surface area contributed by atoms with Gasteiger partial charge in [-0.15, -0.1) is 0 Å². The maximum absolute atomic E-state index is 12.1. The molecule has 1 N–H and O–H groups in total. The van der Waals surface area contributed by atoms with Crippen molar-refractivity contribution in [1.82, 2.24) is 0 Å². The van der Waals surface area contributed by atoms with Gasteiger partial charge in [0, 0.05) is 31.4 Å². The Morgan fingerprint density at radius 2 is 1.82 bits per heavy atom. The van der Waals surface area contributed by atoms with Gasteiger partial charge in [-0.1, -0.05) is 24.3 Å². The molecule has 0 atom stereocenters. The van der Waals surface area contributed by atoms with Crippen molar-refractivity contribution >= 4 is 23.2 Å². The molecule has 0 saturated heterocycles. The van der Waals surface area contributed by atoms with Crippen LogP contribution in [0.2, 0.25) is 0 Å². The average Bonchev–Trinajstić information content (AvgIpc) is 2.52. The summed E-state index contributed by atoms with van der Waals surface area (Å²) in [5.74, 6) is 0.217. The van der Waals surface area contributed by atoms with Crippen LogP contribution in [0.25, 0.3) is 0 Å². The maximum atomic E-state index is 12.1. The van der Waals surface area contributed by atoms with Gasteiger partial charge >= 0.3 is 0 Å².